The Balaban J connectivity index is 1.53. The van der Waals surface area contributed by atoms with Gasteiger partial charge < -0.3 is 8.98 Å². The monoisotopic (exact) mass is 411 g/mol. The Kier molecular flexibility index (Phi) is 4.00. The van der Waals surface area contributed by atoms with Crippen LogP contribution in [0, 0.1) is 0 Å². The average Bonchev–Trinajstić information content (AvgIpc) is 3.23. The molecule has 0 aliphatic carbocycles. The van der Waals surface area contributed by atoms with Gasteiger partial charge in [-0.25, -0.2) is 0 Å². The molecule has 0 saturated heterocycles. The average molecular weight is 412 g/mol. The molecule has 2 heterocycles. The van der Waals surface area contributed by atoms with E-state index < -0.39 is 11.8 Å². The van der Waals surface area contributed by atoms with Crippen LogP contribution >= 0.6 is 15.9 Å². The van der Waals surface area contributed by atoms with Crippen LogP contribution in [0.3, 0.4) is 0 Å². The number of rotatable bonds is 2. The predicted molar refractivity (Wildman–Crippen MR) is 102 cm³/mol. The van der Waals surface area contributed by atoms with Crippen LogP contribution in [-0.4, -0.2) is 16.4 Å². The number of halogens is 1. The van der Waals surface area contributed by atoms with Gasteiger partial charge in [0.05, 0.1) is 10.0 Å². The first kappa shape index (κ1) is 16.4. The van der Waals surface area contributed by atoms with Crippen LogP contribution in [0.5, 0.6) is 0 Å². The molecule has 2 amide bonds. The topological polar surface area (TPSA) is 76.3 Å². The lowest BCUT2D eigenvalue weighted by molar-refractivity contribution is 0.0833. The van der Waals surface area contributed by atoms with Crippen LogP contribution in [-0.2, 0) is 7.05 Å². The number of carbonyl (C=O) groups excluding carboxylic acids is 2. The lowest BCUT2D eigenvalue weighted by Crippen LogP contribution is -2.41. The van der Waals surface area contributed by atoms with Crippen LogP contribution in [0.4, 0.5) is 0 Å². The van der Waals surface area contributed by atoms with Crippen molar-refractivity contribution >= 4 is 49.6 Å². The normalized spacial score (nSPS) is 11.0. The first-order chi connectivity index (χ1) is 12.5. The zero-order valence-corrected chi connectivity index (χ0v) is 15.3. The number of nitrogens with one attached hydrogen (secondary N) is 2. The third kappa shape index (κ3) is 2.76. The smallest absolute Gasteiger partial charge is 0.305 e. The fourth-order valence-electron chi connectivity index (χ4n) is 2.90. The van der Waals surface area contributed by atoms with Gasteiger partial charge in [-0.2, -0.15) is 0 Å². The van der Waals surface area contributed by atoms with Crippen molar-refractivity contribution in [2.45, 2.75) is 0 Å². The van der Waals surface area contributed by atoms with E-state index in [-0.39, 0.29) is 5.76 Å². The van der Waals surface area contributed by atoms with Crippen molar-refractivity contribution in [1.82, 2.24) is 15.4 Å². The first-order valence-electron chi connectivity index (χ1n) is 7.87. The summed E-state index contributed by atoms with van der Waals surface area (Å²) in [5.74, 6) is -0.806. The standard InChI is InChI=1S/C19H14BrN3O3/c1-23-10-13(12-6-2-3-8-15(12)23)18(24)21-22-19(25)16-9-11-5-4-7-14(20)17(11)26-16/h2-10H,1H3,(H,21,24)(H,22,25). The fourth-order valence-corrected chi connectivity index (χ4v) is 3.37. The summed E-state index contributed by atoms with van der Waals surface area (Å²) in [7, 11) is 1.87. The molecule has 2 N–H and O–H groups in total. The maximum atomic E-state index is 12.5. The number of nitrogens with zero attached hydrogens (tertiary/aromatic N) is 1. The minimum absolute atomic E-state index is 0.116. The van der Waals surface area contributed by atoms with E-state index in [1.165, 1.54) is 0 Å². The number of fused-ring (bicyclic) bond motifs is 2. The number of hydrogen-bond donors (Lipinski definition) is 2. The van der Waals surface area contributed by atoms with Crippen LogP contribution in [0.2, 0.25) is 0 Å². The van der Waals surface area contributed by atoms with Gasteiger partial charge in [0.15, 0.2) is 5.76 Å². The van der Waals surface area contributed by atoms with E-state index in [4.69, 9.17) is 4.42 Å². The Morgan fingerprint density at radius 3 is 2.62 bits per heavy atom. The molecule has 0 radical (unpaired) electrons. The first-order valence-corrected chi connectivity index (χ1v) is 8.66. The number of hydrazine groups is 1. The van der Waals surface area contributed by atoms with Gasteiger partial charge in [-0.05, 0) is 34.1 Å². The lowest BCUT2D eigenvalue weighted by atomic mass is 10.2. The summed E-state index contributed by atoms with van der Waals surface area (Å²) in [4.78, 5) is 24.7. The van der Waals surface area contributed by atoms with E-state index >= 15 is 0 Å². The minimum atomic E-state index is -0.526. The molecule has 0 fully saturated rings. The lowest BCUT2D eigenvalue weighted by Gasteiger charge is -2.05. The third-order valence-corrected chi connectivity index (χ3v) is 4.78. The van der Waals surface area contributed by atoms with E-state index in [1.807, 2.05) is 54.1 Å². The van der Waals surface area contributed by atoms with Crippen molar-refractivity contribution < 1.29 is 14.0 Å². The highest BCUT2D eigenvalue weighted by Crippen LogP contribution is 2.26. The van der Waals surface area contributed by atoms with Crippen LogP contribution in [0.15, 0.2) is 63.6 Å². The molecule has 2 aromatic carbocycles. The molecule has 0 atom stereocenters. The highest BCUT2D eigenvalue weighted by atomic mass is 79.9. The Labute approximate surface area is 156 Å². The van der Waals surface area contributed by atoms with Gasteiger partial charge in [-0.1, -0.05) is 30.3 Å². The van der Waals surface area contributed by atoms with Gasteiger partial charge in [0.25, 0.3) is 5.91 Å². The van der Waals surface area contributed by atoms with Crippen LogP contribution < -0.4 is 10.9 Å². The Morgan fingerprint density at radius 2 is 1.81 bits per heavy atom. The van der Waals surface area contributed by atoms with E-state index in [2.05, 4.69) is 26.8 Å². The van der Waals surface area contributed by atoms with Crippen molar-refractivity contribution in [2.75, 3.05) is 0 Å². The van der Waals surface area contributed by atoms with Gasteiger partial charge in [0.1, 0.15) is 5.58 Å². The molecule has 26 heavy (non-hydrogen) atoms. The Hall–Kier alpha value is -3.06. The number of furan rings is 1. The molecule has 0 aliphatic heterocycles. The number of hydrogen-bond acceptors (Lipinski definition) is 3. The van der Waals surface area contributed by atoms with Crippen molar-refractivity contribution in [1.29, 1.82) is 0 Å². The SMILES string of the molecule is Cn1cc(C(=O)NNC(=O)c2cc3cccc(Br)c3o2)c2ccccc21. The zero-order chi connectivity index (χ0) is 18.3. The molecule has 130 valence electrons. The van der Waals surface area contributed by atoms with Gasteiger partial charge in [-0.15, -0.1) is 0 Å². The number of aryl methyl sites for hydroxylation is 1. The minimum Gasteiger partial charge on any atom is -0.450 e. The van der Waals surface area contributed by atoms with Crippen molar-refractivity contribution in [3.05, 3.63) is 70.5 Å². The molecule has 4 rings (SSSR count). The van der Waals surface area contributed by atoms with E-state index in [0.29, 0.717) is 11.1 Å². The molecular weight excluding hydrogens is 398 g/mol. The number of carbonyl (C=O) groups is 2. The number of amides is 2. The summed E-state index contributed by atoms with van der Waals surface area (Å²) in [5.41, 5.74) is 6.83. The van der Waals surface area contributed by atoms with E-state index in [0.717, 1.165) is 20.8 Å². The number of benzene rings is 2. The second-order valence-corrected chi connectivity index (χ2v) is 6.70. The summed E-state index contributed by atoms with van der Waals surface area (Å²) in [6.45, 7) is 0. The maximum Gasteiger partial charge on any atom is 0.305 e. The summed E-state index contributed by atoms with van der Waals surface area (Å²) < 4.78 is 8.18. The molecule has 7 heteroatoms. The summed E-state index contributed by atoms with van der Waals surface area (Å²) in [6, 6.07) is 14.7. The zero-order valence-electron chi connectivity index (χ0n) is 13.7. The van der Waals surface area contributed by atoms with E-state index in [9.17, 15) is 9.59 Å². The predicted octanol–water partition coefficient (Wildman–Crippen LogP) is 3.76. The van der Waals surface area contributed by atoms with Crippen molar-refractivity contribution in [3.8, 4) is 0 Å². The Bertz CT molecular complexity index is 1160. The highest BCUT2D eigenvalue weighted by Gasteiger charge is 2.17. The number of aromatic nitrogens is 1. The largest absolute Gasteiger partial charge is 0.450 e. The highest BCUT2D eigenvalue weighted by molar-refractivity contribution is 9.10. The van der Waals surface area contributed by atoms with Crippen LogP contribution in [0.25, 0.3) is 21.9 Å². The molecule has 6 nitrogen and oxygen atoms in total. The maximum absolute atomic E-state index is 12.5. The molecular formula is C19H14BrN3O3. The second-order valence-electron chi connectivity index (χ2n) is 5.85. The van der Waals surface area contributed by atoms with Crippen molar-refractivity contribution in [3.63, 3.8) is 0 Å². The van der Waals surface area contributed by atoms with Crippen LogP contribution in [0.1, 0.15) is 20.9 Å². The van der Waals surface area contributed by atoms with Gasteiger partial charge in [-0.3, -0.25) is 20.4 Å². The molecule has 0 spiro atoms. The molecule has 0 aliphatic rings. The van der Waals surface area contributed by atoms with E-state index in [1.54, 1.807) is 12.3 Å². The third-order valence-electron chi connectivity index (χ3n) is 4.15. The van der Waals surface area contributed by atoms with Gasteiger partial charge in [0, 0.05) is 29.5 Å². The fraction of sp³-hybridized carbons (Fsp3) is 0.0526. The molecule has 0 bridgehead atoms. The summed E-state index contributed by atoms with van der Waals surface area (Å²) in [5, 5.41) is 1.61. The van der Waals surface area contributed by atoms with Crippen molar-refractivity contribution in [2.24, 2.45) is 7.05 Å². The van der Waals surface area contributed by atoms with Gasteiger partial charge >= 0.3 is 5.91 Å². The summed E-state index contributed by atoms with van der Waals surface area (Å²) in [6.07, 6.45) is 1.73. The van der Waals surface area contributed by atoms with Gasteiger partial charge in [0.2, 0.25) is 0 Å². The quantitative estimate of drug-likeness (QED) is 0.493. The summed E-state index contributed by atoms with van der Waals surface area (Å²) >= 11 is 3.38. The number of para-hydroxylation sites is 2. The molecule has 0 unspecified atom stereocenters. The molecule has 4 aromatic rings. The second kappa shape index (κ2) is 6.34. The Morgan fingerprint density at radius 1 is 1.04 bits per heavy atom. The molecule has 0 saturated carbocycles. The molecule has 2 aromatic heterocycles.